The molecule has 0 saturated carbocycles. The van der Waals surface area contributed by atoms with Gasteiger partial charge in [-0.2, -0.15) is 0 Å². The molecular formula is C9H19N3O4S. The second-order valence-corrected chi connectivity index (χ2v) is 6.19. The zero-order chi connectivity index (χ0) is 13.6. The van der Waals surface area contributed by atoms with E-state index in [0.717, 1.165) is 6.26 Å². The van der Waals surface area contributed by atoms with Crippen molar-refractivity contribution in [1.29, 1.82) is 0 Å². The summed E-state index contributed by atoms with van der Waals surface area (Å²) in [5, 5.41) is 10.1. The van der Waals surface area contributed by atoms with Crippen LogP contribution in [0.15, 0.2) is 5.16 Å². The topological polar surface area (TPSA) is 113 Å². The molecule has 0 aliphatic heterocycles. The quantitative estimate of drug-likeness (QED) is 0.288. The first-order valence-electron chi connectivity index (χ1n) is 5.18. The lowest BCUT2D eigenvalue weighted by molar-refractivity contribution is -0.129. The number of nitrogens with zero attached hydrogens (tertiary/aromatic N) is 2. The van der Waals surface area contributed by atoms with Crippen LogP contribution in [0.5, 0.6) is 0 Å². The fourth-order valence-corrected chi connectivity index (χ4v) is 1.72. The van der Waals surface area contributed by atoms with E-state index in [0.29, 0.717) is 13.0 Å². The minimum Gasteiger partial charge on any atom is -0.409 e. The number of amides is 1. The normalized spacial score (nSPS) is 14.4. The van der Waals surface area contributed by atoms with Gasteiger partial charge in [0.15, 0.2) is 15.7 Å². The van der Waals surface area contributed by atoms with Gasteiger partial charge >= 0.3 is 0 Å². The van der Waals surface area contributed by atoms with Crippen LogP contribution in [0.1, 0.15) is 20.3 Å². The second kappa shape index (κ2) is 6.43. The Bertz CT molecular complexity index is 391. The Morgan fingerprint density at radius 2 is 2.06 bits per heavy atom. The molecule has 3 N–H and O–H groups in total. The van der Waals surface area contributed by atoms with Gasteiger partial charge in [-0.25, -0.2) is 8.42 Å². The van der Waals surface area contributed by atoms with Crippen molar-refractivity contribution in [1.82, 2.24) is 4.90 Å². The summed E-state index contributed by atoms with van der Waals surface area (Å²) < 4.78 is 22.6. The number of carbonyl (C=O) groups is 1. The SMILES string of the molecule is CCCN(CC(N)=NO)C(=O)C(C)S(C)(=O)=O. The Balaban J connectivity index is 4.89. The third-order valence-corrected chi connectivity index (χ3v) is 3.76. The summed E-state index contributed by atoms with van der Waals surface area (Å²) in [6.45, 7) is 3.45. The van der Waals surface area contributed by atoms with Gasteiger partial charge in [0.25, 0.3) is 0 Å². The number of hydrogen-bond acceptors (Lipinski definition) is 5. The van der Waals surface area contributed by atoms with E-state index in [-0.39, 0.29) is 12.4 Å². The molecule has 100 valence electrons. The molecule has 0 bridgehead atoms. The van der Waals surface area contributed by atoms with Crippen LogP contribution in [0.2, 0.25) is 0 Å². The number of sulfone groups is 1. The third kappa shape index (κ3) is 5.03. The van der Waals surface area contributed by atoms with Gasteiger partial charge in [-0.3, -0.25) is 4.79 Å². The van der Waals surface area contributed by atoms with Crippen LogP contribution in [0.25, 0.3) is 0 Å². The molecule has 1 atom stereocenters. The fourth-order valence-electron chi connectivity index (χ4n) is 1.20. The third-order valence-electron chi connectivity index (χ3n) is 2.28. The van der Waals surface area contributed by atoms with Crippen LogP contribution in [0.4, 0.5) is 0 Å². The number of oxime groups is 1. The average molecular weight is 265 g/mol. The monoisotopic (exact) mass is 265 g/mol. The maximum absolute atomic E-state index is 11.9. The number of hydrogen-bond donors (Lipinski definition) is 2. The standard InChI is InChI=1S/C9H19N3O4S/c1-4-5-12(6-8(10)11-14)9(13)7(2)17(3,15)16/h7,14H,4-6H2,1-3H3,(H2,10,11). The Morgan fingerprint density at radius 1 is 1.53 bits per heavy atom. The predicted octanol–water partition coefficient (Wildman–Crippen LogP) is -0.595. The van der Waals surface area contributed by atoms with E-state index in [2.05, 4.69) is 5.16 Å². The van der Waals surface area contributed by atoms with E-state index in [4.69, 9.17) is 10.9 Å². The fraction of sp³-hybridized carbons (Fsp3) is 0.778. The minimum absolute atomic E-state index is 0.0803. The van der Waals surface area contributed by atoms with Crippen molar-refractivity contribution in [3.63, 3.8) is 0 Å². The number of amidine groups is 1. The number of nitrogens with two attached hydrogens (primary N) is 1. The summed E-state index contributed by atoms with van der Waals surface area (Å²) in [6, 6.07) is 0. The zero-order valence-electron chi connectivity index (χ0n) is 10.3. The first-order chi connectivity index (χ1) is 7.73. The summed E-state index contributed by atoms with van der Waals surface area (Å²) in [5.74, 6) is -0.673. The molecule has 1 amide bonds. The Kier molecular flexibility index (Phi) is 5.94. The van der Waals surface area contributed by atoms with Crippen LogP contribution in [-0.4, -0.2) is 54.9 Å². The maximum Gasteiger partial charge on any atom is 0.241 e. The summed E-state index contributed by atoms with van der Waals surface area (Å²) in [4.78, 5) is 13.2. The molecule has 0 aromatic heterocycles. The molecule has 0 rings (SSSR count). The maximum atomic E-state index is 11.9. The van der Waals surface area contributed by atoms with Crippen molar-refractivity contribution in [2.45, 2.75) is 25.5 Å². The van der Waals surface area contributed by atoms with Crippen LogP contribution >= 0.6 is 0 Å². The van der Waals surface area contributed by atoms with E-state index >= 15 is 0 Å². The number of rotatable bonds is 6. The van der Waals surface area contributed by atoms with E-state index in [1.54, 1.807) is 0 Å². The predicted molar refractivity (Wildman–Crippen MR) is 64.6 cm³/mol. The van der Waals surface area contributed by atoms with Crippen LogP contribution in [-0.2, 0) is 14.6 Å². The van der Waals surface area contributed by atoms with Gasteiger partial charge in [0.05, 0.1) is 6.54 Å². The molecule has 7 nitrogen and oxygen atoms in total. The molecule has 1 unspecified atom stereocenters. The molecule has 0 aromatic carbocycles. The highest BCUT2D eigenvalue weighted by Crippen LogP contribution is 2.05. The molecule has 0 fully saturated rings. The van der Waals surface area contributed by atoms with Gasteiger partial charge in [0, 0.05) is 12.8 Å². The zero-order valence-corrected chi connectivity index (χ0v) is 11.1. The lowest BCUT2D eigenvalue weighted by atomic mass is 10.3. The van der Waals surface area contributed by atoms with Crippen molar-refractivity contribution < 1.29 is 18.4 Å². The second-order valence-electron chi connectivity index (χ2n) is 3.82. The minimum atomic E-state index is -3.44. The molecule has 0 spiro atoms. The summed E-state index contributed by atoms with van der Waals surface area (Å²) in [6.07, 6.45) is 1.66. The van der Waals surface area contributed by atoms with Crippen molar-refractivity contribution in [2.24, 2.45) is 10.9 Å². The summed E-state index contributed by atoms with van der Waals surface area (Å²) in [7, 11) is -3.44. The smallest absolute Gasteiger partial charge is 0.241 e. The Hall–Kier alpha value is -1.31. The highest BCUT2D eigenvalue weighted by atomic mass is 32.2. The van der Waals surface area contributed by atoms with E-state index < -0.39 is 21.0 Å². The molecule has 0 aliphatic rings. The average Bonchev–Trinajstić information content (AvgIpc) is 2.25. The largest absolute Gasteiger partial charge is 0.409 e. The van der Waals surface area contributed by atoms with Gasteiger partial charge < -0.3 is 15.8 Å². The molecule has 8 heteroatoms. The highest BCUT2D eigenvalue weighted by molar-refractivity contribution is 7.92. The van der Waals surface area contributed by atoms with Gasteiger partial charge in [0.1, 0.15) is 5.25 Å². The Morgan fingerprint density at radius 3 is 2.41 bits per heavy atom. The molecule has 0 saturated heterocycles. The van der Waals surface area contributed by atoms with Gasteiger partial charge in [-0.1, -0.05) is 12.1 Å². The Labute approximate surface area is 101 Å². The van der Waals surface area contributed by atoms with Gasteiger partial charge in [-0.05, 0) is 13.3 Å². The van der Waals surface area contributed by atoms with E-state index in [1.807, 2.05) is 6.92 Å². The number of carbonyl (C=O) groups excluding carboxylic acids is 1. The first-order valence-corrected chi connectivity index (χ1v) is 7.13. The summed E-state index contributed by atoms with van der Waals surface area (Å²) in [5.41, 5.74) is 5.31. The van der Waals surface area contributed by atoms with Crippen molar-refractivity contribution in [2.75, 3.05) is 19.3 Å². The van der Waals surface area contributed by atoms with Crippen molar-refractivity contribution >= 4 is 21.6 Å². The lowest BCUT2D eigenvalue weighted by Gasteiger charge is -2.24. The highest BCUT2D eigenvalue weighted by Gasteiger charge is 2.28. The molecule has 0 radical (unpaired) electrons. The van der Waals surface area contributed by atoms with Gasteiger partial charge in [-0.15, -0.1) is 0 Å². The molecule has 0 aromatic rings. The molecule has 0 aliphatic carbocycles. The van der Waals surface area contributed by atoms with Crippen molar-refractivity contribution in [3.8, 4) is 0 Å². The van der Waals surface area contributed by atoms with Crippen LogP contribution < -0.4 is 5.73 Å². The molecule has 0 heterocycles. The van der Waals surface area contributed by atoms with Gasteiger partial charge in [0.2, 0.25) is 5.91 Å². The summed E-state index contributed by atoms with van der Waals surface area (Å²) >= 11 is 0. The van der Waals surface area contributed by atoms with Crippen LogP contribution in [0, 0.1) is 0 Å². The molecular weight excluding hydrogens is 246 g/mol. The molecule has 17 heavy (non-hydrogen) atoms. The first kappa shape index (κ1) is 15.7. The lowest BCUT2D eigenvalue weighted by Crippen LogP contribution is -2.45. The van der Waals surface area contributed by atoms with E-state index in [1.165, 1.54) is 11.8 Å². The van der Waals surface area contributed by atoms with E-state index in [9.17, 15) is 13.2 Å². The van der Waals surface area contributed by atoms with Crippen molar-refractivity contribution in [3.05, 3.63) is 0 Å². The van der Waals surface area contributed by atoms with Crippen LogP contribution in [0.3, 0.4) is 0 Å².